The fourth-order valence-electron chi connectivity index (χ4n) is 1.74. The number of hydrogen-bond donors (Lipinski definition) is 3. The van der Waals surface area contributed by atoms with Gasteiger partial charge >= 0.3 is 6.01 Å². The van der Waals surface area contributed by atoms with Crippen molar-refractivity contribution in [2.75, 3.05) is 19.0 Å². The maximum Gasteiger partial charge on any atom is 0.320 e. The van der Waals surface area contributed by atoms with Gasteiger partial charge in [-0.2, -0.15) is 0 Å². The van der Waals surface area contributed by atoms with E-state index in [0.29, 0.717) is 18.5 Å². The molecule has 0 bridgehead atoms. The molecule has 0 spiro atoms. The van der Waals surface area contributed by atoms with E-state index in [4.69, 9.17) is 9.52 Å². The quantitative estimate of drug-likeness (QED) is 0.700. The Morgan fingerprint density at radius 1 is 1.32 bits per heavy atom. The van der Waals surface area contributed by atoms with Gasteiger partial charge in [-0.3, -0.25) is 0 Å². The number of aromatic nitrogens is 2. The highest BCUT2D eigenvalue weighted by Gasteiger charge is 2.05. The molecule has 2 aromatic rings. The van der Waals surface area contributed by atoms with Gasteiger partial charge in [0.15, 0.2) is 0 Å². The summed E-state index contributed by atoms with van der Waals surface area (Å²) in [6, 6.07) is 8.31. The molecular formula is C13H18N4O2. The molecule has 2 rings (SSSR count). The molecule has 19 heavy (non-hydrogen) atoms. The van der Waals surface area contributed by atoms with E-state index in [0.717, 1.165) is 24.1 Å². The van der Waals surface area contributed by atoms with Crippen LogP contribution in [0.1, 0.15) is 17.9 Å². The second-order valence-corrected chi connectivity index (χ2v) is 4.18. The van der Waals surface area contributed by atoms with Crippen molar-refractivity contribution in [1.29, 1.82) is 0 Å². The molecule has 6 nitrogen and oxygen atoms in total. The zero-order valence-corrected chi connectivity index (χ0v) is 10.9. The first-order valence-corrected chi connectivity index (χ1v) is 6.25. The van der Waals surface area contributed by atoms with Gasteiger partial charge in [-0.15, -0.1) is 5.10 Å². The molecule has 0 radical (unpaired) electrons. The third-order valence-electron chi connectivity index (χ3n) is 2.60. The van der Waals surface area contributed by atoms with Crippen molar-refractivity contribution >= 4 is 11.7 Å². The van der Waals surface area contributed by atoms with Crippen LogP contribution in [0, 0.1) is 0 Å². The Morgan fingerprint density at radius 3 is 3.00 bits per heavy atom. The first-order valence-electron chi connectivity index (χ1n) is 6.25. The maximum absolute atomic E-state index is 8.83. The lowest BCUT2D eigenvalue weighted by molar-refractivity contribution is 0.288. The summed E-state index contributed by atoms with van der Waals surface area (Å²) in [5.41, 5.74) is 2.06. The van der Waals surface area contributed by atoms with Gasteiger partial charge in [0.05, 0.1) is 6.54 Å². The molecule has 0 aliphatic rings. The Balaban J connectivity index is 2.01. The molecule has 0 amide bonds. The Hall–Kier alpha value is -1.92. The highest BCUT2D eigenvalue weighted by molar-refractivity contribution is 5.53. The van der Waals surface area contributed by atoms with Crippen LogP contribution in [0.25, 0.3) is 0 Å². The Kier molecular flexibility index (Phi) is 4.88. The van der Waals surface area contributed by atoms with E-state index < -0.39 is 0 Å². The number of nitrogens with one attached hydrogen (secondary N) is 2. The van der Waals surface area contributed by atoms with Crippen LogP contribution >= 0.6 is 0 Å². The van der Waals surface area contributed by atoms with Crippen molar-refractivity contribution in [2.45, 2.75) is 19.4 Å². The van der Waals surface area contributed by atoms with Crippen LogP contribution in [-0.4, -0.2) is 29.0 Å². The van der Waals surface area contributed by atoms with Crippen LogP contribution in [0.5, 0.6) is 0 Å². The van der Waals surface area contributed by atoms with Gasteiger partial charge in [0.25, 0.3) is 0 Å². The lowest BCUT2D eigenvalue weighted by atomic mass is 10.1. The van der Waals surface area contributed by atoms with Crippen LogP contribution in [0.15, 0.2) is 28.7 Å². The second-order valence-electron chi connectivity index (χ2n) is 4.18. The first-order chi connectivity index (χ1) is 9.31. The van der Waals surface area contributed by atoms with E-state index >= 15 is 0 Å². The SMILES string of the molecule is CNCc1nnc(Nc2cccc(CCCO)c2)o1. The van der Waals surface area contributed by atoms with Crippen molar-refractivity contribution < 1.29 is 9.52 Å². The molecule has 0 saturated carbocycles. The molecule has 0 aliphatic heterocycles. The van der Waals surface area contributed by atoms with Crippen LogP contribution in [0.3, 0.4) is 0 Å². The van der Waals surface area contributed by atoms with Gasteiger partial charge in [0.1, 0.15) is 0 Å². The molecule has 0 aliphatic carbocycles. The summed E-state index contributed by atoms with van der Waals surface area (Å²) in [4.78, 5) is 0. The van der Waals surface area contributed by atoms with E-state index in [1.807, 2.05) is 31.3 Å². The summed E-state index contributed by atoms with van der Waals surface area (Å²) < 4.78 is 5.41. The molecule has 0 saturated heterocycles. The van der Waals surface area contributed by atoms with Crippen LogP contribution < -0.4 is 10.6 Å². The normalized spacial score (nSPS) is 10.6. The van der Waals surface area contributed by atoms with Crippen molar-refractivity contribution in [2.24, 2.45) is 0 Å². The molecule has 6 heteroatoms. The van der Waals surface area contributed by atoms with Crippen molar-refractivity contribution in [1.82, 2.24) is 15.5 Å². The summed E-state index contributed by atoms with van der Waals surface area (Å²) >= 11 is 0. The lowest BCUT2D eigenvalue weighted by Crippen LogP contribution is -2.04. The zero-order chi connectivity index (χ0) is 13.5. The highest BCUT2D eigenvalue weighted by Crippen LogP contribution is 2.17. The minimum atomic E-state index is 0.203. The van der Waals surface area contributed by atoms with Crippen molar-refractivity contribution in [3.05, 3.63) is 35.7 Å². The fraction of sp³-hybridized carbons (Fsp3) is 0.385. The molecular weight excluding hydrogens is 244 g/mol. The largest absolute Gasteiger partial charge is 0.406 e. The van der Waals surface area contributed by atoms with Gasteiger partial charge in [-0.25, -0.2) is 0 Å². The minimum Gasteiger partial charge on any atom is -0.406 e. The standard InChI is InChI=1S/C13H18N4O2/c1-14-9-12-16-17-13(19-12)15-11-6-2-4-10(8-11)5-3-7-18/h2,4,6,8,14,18H,3,5,7,9H2,1H3,(H,15,17). The lowest BCUT2D eigenvalue weighted by Gasteiger charge is -2.04. The summed E-state index contributed by atoms with van der Waals surface area (Å²) in [5, 5.41) is 22.7. The smallest absolute Gasteiger partial charge is 0.320 e. The van der Waals surface area contributed by atoms with Gasteiger partial charge in [0, 0.05) is 12.3 Å². The molecule has 3 N–H and O–H groups in total. The van der Waals surface area contributed by atoms with E-state index in [2.05, 4.69) is 20.8 Å². The highest BCUT2D eigenvalue weighted by atomic mass is 16.4. The van der Waals surface area contributed by atoms with Crippen molar-refractivity contribution in [3.63, 3.8) is 0 Å². The van der Waals surface area contributed by atoms with E-state index in [-0.39, 0.29) is 6.61 Å². The Bertz CT molecular complexity index is 513. The van der Waals surface area contributed by atoms with Gasteiger partial charge in [0.2, 0.25) is 5.89 Å². The number of aryl methyl sites for hydroxylation is 1. The maximum atomic E-state index is 8.83. The summed E-state index contributed by atoms with van der Waals surface area (Å²) in [7, 11) is 1.82. The molecule has 1 aromatic heterocycles. The Morgan fingerprint density at radius 2 is 2.21 bits per heavy atom. The average Bonchev–Trinajstić information content (AvgIpc) is 2.85. The van der Waals surface area contributed by atoms with E-state index in [9.17, 15) is 0 Å². The van der Waals surface area contributed by atoms with Crippen LogP contribution in [-0.2, 0) is 13.0 Å². The predicted octanol–water partition coefficient (Wildman–Crippen LogP) is 1.46. The number of aliphatic hydroxyl groups excluding tert-OH is 1. The van der Waals surface area contributed by atoms with Gasteiger partial charge < -0.3 is 20.2 Å². The number of hydrogen-bond acceptors (Lipinski definition) is 6. The summed E-state index contributed by atoms with van der Waals surface area (Å²) in [5.74, 6) is 0.543. The fourth-order valence-corrected chi connectivity index (χ4v) is 1.74. The van der Waals surface area contributed by atoms with Crippen LogP contribution in [0.2, 0.25) is 0 Å². The molecule has 102 valence electrons. The Labute approximate surface area is 111 Å². The number of benzene rings is 1. The summed E-state index contributed by atoms with van der Waals surface area (Å²) in [6.45, 7) is 0.750. The monoisotopic (exact) mass is 262 g/mol. The zero-order valence-electron chi connectivity index (χ0n) is 10.9. The second kappa shape index (κ2) is 6.86. The minimum absolute atomic E-state index is 0.203. The number of anilines is 2. The molecule has 0 atom stereocenters. The third-order valence-corrected chi connectivity index (χ3v) is 2.60. The van der Waals surface area contributed by atoms with Gasteiger partial charge in [-0.05, 0) is 37.6 Å². The van der Waals surface area contributed by atoms with Crippen molar-refractivity contribution in [3.8, 4) is 0 Å². The molecule has 0 fully saturated rings. The number of aliphatic hydroxyl groups is 1. The number of nitrogens with zero attached hydrogens (tertiary/aromatic N) is 2. The van der Waals surface area contributed by atoms with E-state index in [1.165, 1.54) is 0 Å². The average molecular weight is 262 g/mol. The molecule has 1 heterocycles. The third kappa shape index (κ3) is 4.04. The first kappa shape index (κ1) is 13.5. The summed E-state index contributed by atoms with van der Waals surface area (Å²) in [6.07, 6.45) is 1.61. The molecule has 1 aromatic carbocycles. The topological polar surface area (TPSA) is 83.2 Å². The molecule has 0 unspecified atom stereocenters. The number of rotatable bonds is 7. The van der Waals surface area contributed by atoms with Crippen LogP contribution in [0.4, 0.5) is 11.7 Å². The van der Waals surface area contributed by atoms with Gasteiger partial charge in [-0.1, -0.05) is 17.2 Å². The predicted molar refractivity (Wildman–Crippen MR) is 72.2 cm³/mol. The van der Waals surface area contributed by atoms with E-state index in [1.54, 1.807) is 0 Å².